The fraction of sp³-hybridized carbons (Fsp3) is 0.0714. The first-order valence-electron chi connectivity index (χ1n) is 5.80. The maximum absolute atomic E-state index is 10.9. The van der Waals surface area contributed by atoms with Crippen molar-refractivity contribution >= 4 is 11.6 Å². The van der Waals surface area contributed by atoms with Crippen LogP contribution in [0.2, 0.25) is 0 Å². The van der Waals surface area contributed by atoms with E-state index in [1.54, 1.807) is 6.07 Å². The minimum absolute atomic E-state index is 0.00597. The Kier molecular flexibility index (Phi) is 2.52. The molecule has 0 atom stereocenters. The Hall–Kier alpha value is -2.69. The van der Waals surface area contributed by atoms with E-state index in [0.29, 0.717) is 5.65 Å². The second-order valence-electron chi connectivity index (χ2n) is 4.32. The summed E-state index contributed by atoms with van der Waals surface area (Å²) < 4.78 is 1.48. The zero-order valence-electron chi connectivity index (χ0n) is 10.2. The normalized spacial score (nSPS) is 10.8. The van der Waals surface area contributed by atoms with Gasteiger partial charge in [0.2, 0.25) is 0 Å². The van der Waals surface area contributed by atoms with Crippen molar-refractivity contribution in [2.45, 2.75) is 6.92 Å². The van der Waals surface area contributed by atoms with Crippen LogP contribution in [0.5, 0.6) is 0 Å². The molecule has 0 aliphatic carbocycles. The molecule has 0 spiro atoms. The van der Waals surface area contributed by atoms with Gasteiger partial charge in [-0.25, -0.2) is 14.3 Å². The summed E-state index contributed by atoms with van der Waals surface area (Å²) >= 11 is 0. The molecule has 2 heterocycles. The van der Waals surface area contributed by atoms with Gasteiger partial charge >= 0.3 is 5.97 Å². The number of fused-ring (bicyclic) bond motifs is 1. The molecule has 19 heavy (non-hydrogen) atoms. The van der Waals surface area contributed by atoms with Crippen LogP contribution in [0.25, 0.3) is 16.9 Å². The molecule has 0 bridgehead atoms. The fourth-order valence-electron chi connectivity index (χ4n) is 1.86. The highest BCUT2D eigenvalue weighted by Crippen LogP contribution is 2.18. The van der Waals surface area contributed by atoms with Crippen LogP contribution >= 0.6 is 0 Å². The van der Waals surface area contributed by atoms with E-state index in [1.807, 2.05) is 37.3 Å². The number of aromatic nitrogens is 3. The molecule has 0 amide bonds. The van der Waals surface area contributed by atoms with Crippen molar-refractivity contribution in [1.29, 1.82) is 0 Å². The summed E-state index contributed by atoms with van der Waals surface area (Å²) in [5.74, 6) is -1.05. The molecule has 3 aromatic rings. The highest BCUT2D eigenvalue weighted by Gasteiger charge is 2.10. The van der Waals surface area contributed by atoms with E-state index in [2.05, 4.69) is 10.1 Å². The summed E-state index contributed by atoms with van der Waals surface area (Å²) in [6.07, 6.45) is 1.41. The molecule has 3 rings (SSSR count). The maximum Gasteiger partial charge on any atom is 0.356 e. The number of aromatic carboxylic acids is 1. The Morgan fingerprint density at radius 2 is 1.89 bits per heavy atom. The molecular weight excluding hydrogens is 242 g/mol. The number of carbonyl (C=O) groups is 1. The number of benzene rings is 1. The van der Waals surface area contributed by atoms with E-state index < -0.39 is 5.97 Å². The Labute approximate surface area is 109 Å². The molecule has 5 heteroatoms. The zero-order valence-corrected chi connectivity index (χ0v) is 10.2. The van der Waals surface area contributed by atoms with Gasteiger partial charge in [-0.1, -0.05) is 29.8 Å². The second-order valence-corrected chi connectivity index (χ2v) is 4.32. The molecule has 0 unspecified atom stereocenters. The highest BCUT2D eigenvalue weighted by molar-refractivity contribution is 5.86. The van der Waals surface area contributed by atoms with Gasteiger partial charge in [0.1, 0.15) is 0 Å². The van der Waals surface area contributed by atoms with Crippen molar-refractivity contribution in [2.75, 3.05) is 0 Å². The molecule has 0 aliphatic heterocycles. The third-order valence-corrected chi connectivity index (χ3v) is 2.89. The molecule has 1 N–H and O–H groups in total. The minimum atomic E-state index is -1.05. The van der Waals surface area contributed by atoms with Crippen LogP contribution in [0.1, 0.15) is 16.1 Å². The van der Waals surface area contributed by atoms with Crippen LogP contribution in [0.15, 0.2) is 42.6 Å². The SMILES string of the molecule is Cc1ccc(-c2ccc3nc(C(=O)O)cn3n2)cc1. The van der Waals surface area contributed by atoms with E-state index >= 15 is 0 Å². The lowest BCUT2D eigenvalue weighted by molar-refractivity contribution is 0.0691. The maximum atomic E-state index is 10.9. The van der Waals surface area contributed by atoms with Crippen molar-refractivity contribution in [3.8, 4) is 11.3 Å². The highest BCUT2D eigenvalue weighted by atomic mass is 16.4. The minimum Gasteiger partial charge on any atom is -0.476 e. The first-order valence-corrected chi connectivity index (χ1v) is 5.80. The first-order chi connectivity index (χ1) is 9.13. The summed E-state index contributed by atoms with van der Waals surface area (Å²) in [5, 5.41) is 13.3. The van der Waals surface area contributed by atoms with Gasteiger partial charge in [0, 0.05) is 5.56 Å². The molecule has 0 saturated heterocycles. The summed E-state index contributed by atoms with van der Waals surface area (Å²) in [6.45, 7) is 2.02. The largest absolute Gasteiger partial charge is 0.476 e. The van der Waals surface area contributed by atoms with Gasteiger partial charge < -0.3 is 5.11 Å². The molecule has 94 valence electrons. The number of aryl methyl sites for hydroxylation is 1. The zero-order chi connectivity index (χ0) is 13.4. The van der Waals surface area contributed by atoms with Gasteiger partial charge in [0.15, 0.2) is 11.3 Å². The number of imidazole rings is 1. The van der Waals surface area contributed by atoms with Gasteiger partial charge in [-0.15, -0.1) is 0 Å². The lowest BCUT2D eigenvalue weighted by atomic mass is 10.1. The van der Waals surface area contributed by atoms with Gasteiger partial charge in [-0.05, 0) is 19.1 Å². The number of hydrogen-bond acceptors (Lipinski definition) is 3. The van der Waals surface area contributed by atoms with E-state index in [0.717, 1.165) is 11.3 Å². The predicted octanol–water partition coefficient (Wildman–Crippen LogP) is 2.40. The lowest BCUT2D eigenvalue weighted by Gasteiger charge is -2.01. The summed E-state index contributed by atoms with van der Waals surface area (Å²) in [4.78, 5) is 14.8. The molecule has 1 aromatic carbocycles. The standard InChI is InChI=1S/C14H11N3O2/c1-9-2-4-10(5-3-9)11-6-7-13-15-12(14(18)19)8-17(13)16-11/h2-8H,1H3,(H,18,19). The smallest absolute Gasteiger partial charge is 0.356 e. The van der Waals surface area contributed by atoms with Crippen molar-refractivity contribution < 1.29 is 9.90 Å². The van der Waals surface area contributed by atoms with Gasteiger partial charge in [0.05, 0.1) is 11.9 Å². The van der Waals surface area contributed by atoms with Crippen LogP contribution in [0, 0.1) is 6.92 Å². The fourth-order valence-corrected chi connectivity index (χ4v) is 1.86. The first kappa shape index (κ1) is 11.4. The molecule has 2 aromatic heterocycles. The third kappa shape index (κ3) is 2.06. The van der Waals surface area contributed by atoms with Crippen LogP contribution in [-0.4, -0.2) is 25.7 Å². The average Bonchev–Trinajstić information content (AvgIpc) is 2.82. The van der Waals surface area contributed by atoms with Crippen LogP contribution in [0.3, 0.4) is 0 Å². The van der Waals surface area contributed by atoms with Crippen molar-refractivity contribution in [3.63, 3.8) is 0 Å². The topological polar surface area (TPSA) is 67.5 Å². The second kappa shape index (κ2) is 4.20. The Morgan fingerprint density at radius 3 is 2.58 bits per heavy atom. The Morgan fingerprint density at radius 1 is 1.16 bits per heavy atom. The molecule has 0 aliphatic rings. The monoisotopic (exact) mass is 253 g/mol. The van der Waals surface area contributed by atoms with Crippen LogP contribution in [-0.2, 0) is 0 Å². The number of nitrogens with zero attached hydrogens (tertiary/aromatic N) is 3. The molecule has 0 radical (unpaired) electrons. The number of hydrogen-bond donors (Lipinski definition) is 1. The third-order valence-electron chi connectivity index (χ3n) is 2.89. The van der Waals surface area contributed by atoms with Crippen LogP contribution < -0.4 is 0 Å². The molecule has 5 nitrogen and oxygen atoms in total. The van der Waals surface area contributed by atoms with Crippen molar-refractivity contribution in [3.05, 3.63) is 53.9 Å². The van der Waals surface area contributed by atoms with Crippen molar-refractivity contribution in [1.82, 2.24) is 14.6 Å². The Balaban J connectivity index is 2.10. The quantitative estimate of drug-likeness (QED) is 0.761. The predicted molar refractivity (Wildman–Crippen MR) is 70.1 cm³/mol. The number of carboxylic acid groups (broad SMARTS) is 1. The van der Waals surface area contributed by atoms with Gasteiger partial charge in [-0.2, -0.15) is 5.10 Å². The Bertz CT molecular complexity index is 760. The van der Waals surface area contributed by atoms with Crippen molar-refractivity contribution in [2.24, 2.45) is 0 Å². The number of rotatable bonds is 2. The summed E-state index contributed by atoms with van der Waals surface area (Å²) in [7, 11) is 0. The van der Waals surface area contributed by atoms with Gasteiger partial charge in [0.25, 0.3) is 0 Å². The molecule has 0 saturated carbocycles. The molecule has 0 fully saturated rings. The number of carboxylic acids is 1. The van der Waals surface area contributed by atoms with Crippen LogP contribution in [0.4, 0.5) is 0 Å². The molecular formula is C14H11N3O2. The summed E-state index contributed by atoms with van der Waals surface area (Å²) in [5.41, 5.74) is 3.46. The van der Waals surface area contributed by atoms with E-state index in [4.69, 9.17) is 5.11 Å². The average molecular weight is 253 g/mol. The van der Waals surface area contributed by atoms with E-state index in [1.165, 1.54) is 16.3 Å². The van der Waals surface area contributed by atoms with E-state index in [9.17, 15) is 4.79 Å². The van der Waals surface area contributed by atoms with E-state index in [-0.39, 0.29) is 5.69 Å². The lowest BCUT2D eigenvalue weighted by Crippen LogP contribution is -1.95. The summed E-state index contributed by atoms with van der Waals surface area (Å²) in [6, 6.07) is 11.6. The van der Waals surface area contributed by atoms with Gasteiger partial charge in [-0.3, -0.25) is 0 Å².